The van der Waals surface area contributed by atoms with Crippen molar-refractivity contribution in [3.63, 3.8) is 0 Å². The Balaban J connectivity index is 1.64. The first-order chi connectivity index (χ1) is 12.1. The minimum atomic E-state index is -0.206. The monoisotopic (exact) mass is 401 g/mol. The number of hydrogen-bond donors (Lipinski definition) is 0. The van der Waals surface area contributed by atoms with E-state index in [-0.39, 0.29) is 18.0 Å². The maximum Gasteiger partial charge on any atom is 0.251 e. The van der Waals surface area contributed by atoms with Gasteiger partial charge in [0, 0.05) is 49.1 Å². The Morgan fingerprint density at radius 1 is 1.24 bits per heavy atom. The van der Waals surface area contributed by atoms with E-state index < -0.39 is 0 Å². The normalized spacial score (nSPS) is 14.2. The highest BCUT2D eigenvalue weighted by molar-refractivity contribution is 9.10. The van der Waals surface area contributed by atoms with Gasteiger partial charge in [0.05, 0.1) is 5.56 Å². The van der Waals surface area contributed by atoms with E-state index in [0.29, 0.717) is 37.6 Å². The predicted molar refractivity (Wildman–Crippen MR) is 96.1 cm³/mol. The summed E-state index contributed by atoms with van der Waals surface area (Å²) >= 11 is 3.30. The van der Waals surface area contributed by atoms with Crippen molar-refractivity contribution in [2.24, 2.45) is 0 Å². The molecule has 25 heavy (non-hydrogen) atoms. The zero-order valence-electron chi connectivity index (χ0n) is 13.4. The van der Waals surface area contributed by atoms with E-state index in [0.717, 1.165) is 4.47 Å². The van der Waals surface area contributed by atoms with Crippen molar-refractivity contribution < 1.29 is 4.79 Å². The van der Waals surface area contributed by atoms with E-state index in [1.54, 1.807) is 35.5 Å². The molecule has 0 N–H and O–H groups in total. The molecule has 0 radical (unpaired) electrons. The van der Waals surface area contributed by atoms with Crippen LogP contribution in [0.1, 0.15) is 5.56 Å². The van der Waals surface area contributed by atoms with Gasteiger partial charge in [0.2, 0.25) is 5.91 Å². The van der Waals surface area contributed by atoms with Crippen molar-refractivity contribution in [1.29, 1.82) is 5.26 Å². The molecule has 0 aromatic carbocycles. The molecule has 1 amide bonds. The number of piperazine rings is 1. The van der Waals surface area contributed by atoms with Crippen molar-refractivity contribution in [3.05, 3.63) is 57.0 Å². The van der Waals surface area contributed by atoms with E-state index in [2.05, 4.69) is 27.0 Å². The quantitative estimate of drug-likeness (QED) is 0.772. The third-order valence-corrected chi connectivity index (χ3v) is 4.56. The summed E-state index contributed by atoms with van der Waals surface area (Å²) in [5.41, 5.74) is 0.324. The molecule has 3 heterocycles. The van der Waals surface area contributed by atoms with Gasteiger partial charge in [-0.25, -0.2) is 4.98 Å². The fourth-order valence-electron chi connectivity index (χ4n) is 2.78. The summed E-state index contributed by atoms with van der Waals surface area (Å²) in [4.78, 5) is 32.3. The van der Waals surface area contributed by atoms with Gasteiger partial charge in [-0.3, -0.25) is 9.59 Å². The van der Waals surface area contributed by atoms with Gasteiger partial charge in [0.15, 0.2) is 0 Å². The van der Waals surface area contributed by atoms with Crippen LogP contribution in [-0.2, 0) is 11.3 Å². The van der Waals surface area contributed by atoms with Crippen LogP contribution in [0, 0.1) is 11.3 Å². The van der Waals surface area contributed by atoms with Crippen LogP contribution in [0.25, 0.3) is 0 Å². The molecule has 2 aromatic rings. The number of carbonyl (C=O) groups excluding carboxylic acids is 1. The molecule has 3 rings (SSSR count). The van der Waals surface area contributed by atoms with Crippen LogP contribution in [0.2, 0.25) is 0 Å². The first-order valence-electron chi connectivity index (χ1n) is 7.82. The van der Waals surface area contributed by atoms with Gasteiger partial charge in [0.1, 0.15) is 18.4 Å². The lowest BCUT2D eigenvalue weighted by atomic mass is 10.2. The molecule has 0 spiro atoms. The second-order valence-electron chi connectivity index (χ2n) is 5.67. The highest BCUT2D eigenvalue weighted by atomic mass is 79.9. The van der Waals surface area contributed by atoms with Gasteiger partial charge in [-0.2, -0.15) is 5.26 Å². The Bertz CT molecular complexity index is 881. The fourth-order valence-corrected chi connectivity index (χ4v) is 3.15. The number of nitriles is 1. The van der Waals surface area contributed by atoms with Crippen LogP contribution in [-0.4, -0.2) is 46.5 Å². The van der Waals surface area contributed by atoms with Gasteiger partial charge >= 0.3 is 0 Å². The lowest BCUT2D eigenvalue weighted by molar-refractivity contribution is -0.132. The average Bonchev–Trinajstić information content (AvgIpc) is 2.64. The molecule has 0 atom stereocenters. The summed E-state index contributed by atoms with van der Waals surface area (Å²) in [5.74, 6) is 0.557. The van der Waals surface area contributed by atoms with Crippen molar-refractivity contribution in [2.75, 3.05) is 31.1 Å². The Kier molecular flexibility index (Phi) is 5.14. The summed E-state index contributed by atoms with van der Waals surface area (Å²) in [6.07, 6.45) is 3.27. The number of hydrogen-bond acceptors (Lipinski definition) is 5. The molecule has 1 fully saturated rings. The van der Waals surface area contributed by atoms with Crippen molar-refractivity contribution in [3.8, 4) is 6.07 Å². The Morgan fingerprint density at radius 3 is 2.72 bits per heavy atom. The minimum absolute atomic E-state index is 0.0192. The second-order valence-corrected chi connectivity index (χ2v) is 6.58. The Hall–Kier alpha value is -2.66. The number of carbonyl (C=O) groups is 1. The van der Waals surface area contributed by atoms with E-state index >= 15 is 0 Å². The molecule has 0 bridgehead atoms. The number of pyridine rings is 2. The molecule has 2 aromatic heterocycles. The molecule has 128 valence electrons. The van der Waals surface area contributed by atoms with Crippen LogP contribution in [0.5, 0.6) is 0 Å². The molecule has 1 aliphatic rings. The van der Waals surface area contributed by atoms with Gasteiger partial charge < -0.3 is 14.4 Å². The Morgan fingerprint density at radius 2 is 2.00 bits per heavy atom. The highest BCUT2D eigenvalue weighted by Gasteiger charge is 2.23. The molecule has 7 nitrogen and oxygen atoms in total. The number of rotatable bonds is 3. The van der Waals surface area contributed by atoms with Gasteiger partial charge in [-0.05, 0) is 34.1 Å². The number of nitrogens with zero attached hydrogens (tertiary/aromatic N) is 5. The predicted octanol–water partition coefficient (Wildman–Crippen LogP) is 1.23. The number of halogens is 1. The number of amides is 1. The summed E-state index contributed by atoms with van der Waals surface area (Å²) < 4.78 is 2.15. The van der Waals surface area contributed by atoms with Gasteiger partial charge in [-0.15, -0.1) is 0 Å². The summed E-state index contributed by atoms with van der Waals surface area (Å²) in [7, 11) is 0. The smallest absolute Gasteiger partial charge is 0.251 e. The fraction of sp³-hybridized carbons (Fsp3) is 0.294. The third kappa shape index (κ3) is 3.88. The minimum Gasteiger partial charge on any atom is -0.352 e. The number of anilines is 1. The first kappa shape index (κ1) is 17.2. The third-order valence-electron chi connectivity index (χ3n) is 4.09. The van der Waals surface area contributed by atoms with E-state index in [1.165, 1.54) is 10.6 Å². The summed E-state index contributed by atoms with van der Waals surface area (Å²) in [6, 6.07) is 8.70. The molecular weight excluding hydrogens is 386 g/mol. The van der Waals surface area contributed by atoms with Crippen LogP contribution in [0.4, 0.5) is 5.82 Å². The highest BCUT2D eigenvalue weighted by Crippen LogP contribution is 2.18. The summed E-state index contributed by atoms with van der Waals surface area (Å²) in [6.45, 7) is 2.28. The second kappa shape index (κ2) is 7.49. The molecule has 1 aliphatic heterocycles. The summed E-state index contributed by atoms with van der Waals surface area (Å²) in [5, 5.41) is 9.18. The van der Waals surface area contributed by atoms with Crippen molar-refractivity contribution in [1.82, 2.24) is 14.5 Å². The standard InChI is InChI=1S/C17H16BrN5O2/c18-14-3-4-15(24)23(11-14)12-16(25)21-6-8-22(9-7-21)17-13(10-19)2-1-5-20-17/h1-5,11H,6-9,12H2. The SMILES string of the molecule is N#Cc1cccnc1N1CCN(C(=O)Cn2cc(Br)ccc2=O)CC1. The molecular formula is C17H16BrN5O2. The molecule has 0 aliphatic carbocycles. The zero-order chi connectivity index (χ0) is 17.8. The van der Waals surface area contributed by atoms with Gasteiger partial charge in [-0.1, -0.05) is 0 Å². The topological polar surface area (TPSA) is 82.2 Å². The first-order valence-corrected chi connectivity index (χ1v) is 8.61. The largest absolute Gasteiger partial charge is 0.352 e. The Labute approximate surface area is 153 Å². The van der Waals surface area contributed by atoms with Gasteiger partial charge in [0.25, 0.3) is 5.56 Å². The number of aromatic nitrogens is 2. The van der Waals surface area contributed by atoms with E-state index in [4.69, 9.17) is 0 Å². The molecule has 0 unspecified atom stereocenters. The van der Waals surface area contributed by atoms with Crippen LogP contribution < -0.4 is 10.5 Å². The average molecular weight is 402 g/mol. The van der Waals surface area contributed by atoms with Crippen molar-refractivity contribution >= 4 is 27.7 Å². The zero-order valence-corrected chi connectivity index (χ0v) is 15.0. The lowest BCUT2D eigenvalue weighted by Crippen LogP contribution is -2.50. The molecule has 1 saturated heterocycles. The van der Waals surface area contributed by atoms with Crippen LogP contribution >= 0.6 is 15.9 Å². The molecule has 0 saturated carbocycles. The van der Waals surface area contributed by atoms with E-state index in [1.807, 2.05) is 4.90 Å². The lowest BCUT2D eigenvalue weighted by Gasteiger charge is -2.35. The van der Waals surface area contributed by atoms with E-state index in [9.17, 15) is 14.9 Å². The maximum absolute atomic E-state index is 12.5. The van der Waals surface area contributed by atoms with Crippen LogP contribution in [0.15, 0.2) is 45.9 Å². The molecule has 8 heteroatoms. The van der Waals surface area contributed by atoms with Crippen LogP contribution in [0.3, 0.4) is 0 Å². The van der Waals surface area contributed by atoms with Crippen molar-refractivity contribution in [2.45, 2.75) is 6.54 Å². The maximum atomic E-state index is 12.5.